The van der Waals surface area contributed by atoms with E-state index in [4.69, 9.17) is 0 Å². The Kier molecular flexibility index (Phi) is 4.45. The topological polar surface area (TPSA) is 100 Å². The number of amides is 1. The van der Waals surface area contributed by atoms with E-state index in [1.165, 1.54) is 0 Å². The number of pyridine rings is 1. The zero-order valence-corrected chi connectivity index (χ0v) is 15.2. The second kappa shape index (κ2) is 6.29. The molecule has 0 aliphatic heterocycles. The molecular weight excluding hydrogens is 320 g/mol. The smallest absolute Gasteiger partial charge is 0.274 e. The average Bonchev–Trinajstić information content (AvgIpc) is 3.38. The summed E-state index contributed by atoms with van der Waals surface area (Å²) in [6.07, 6.45) is 2.92. The lowest BCUT2D eigenvalue weighted by molar-refractivity contribution is 0.00594. The van der Waals surface area contributed by atoms with Crippen molar-refractivity contribution < 1.29 is 9.90 Å². The van der Waals surface area contributed by atoms with Crippen molar-refractivity contribution in [2.75, 3.05) is 6.54 Å². The highest BCUT2D eigenvalue weighted by molar-refractivity contribution is 6.05. The van der Waals surface area contributed by atoms with Crippen LogP contribution in [0.15, 0.2) is 10.9 Å². The molecule has 1 amide bonds. The van der Waals surface area contributed by atoms with Crippen LogP contribution >= 0.6 is 0 Å². The molecular formula is C18H26N4O3. The molecule has 25 heavy (non-hydrogen) atoms. The summed E-state index contributed by atoms with van der Waals surface area (Å²) >= 11 is 0. The number of hydrogen-bond donors (Lipinski definition) is 3. The molecule has 2 heterocycles. The molecule has 3 rings (SSSR count). The van der Waals surface area contributed by atoms with Crippen molar-refractivity contribution in [3.63, 3.8) is 0 Å². The lowest BCUT2D eigenvalue weighted by Crippen LogP contribution is -2.45. The first-order chi connectivity index (χ1) is 11.7. The maximum atomic E-state index is 12.8. The standard InChI is InChI=1S/C18H26N4O3/c1-5-10(2)18(3,25)9-19-16(23)12-8-13(11-6-7-11)20-15-14(12)17(24)21-22(15)4/h8,10-11,25H,5-7,9H2,1-4H3,(H,19,23)(H,21,24). The van der Waals surface area contributed by atoms with Crippen LogP contribution in [0.2, 0.25) is 0 Å². The Labute approximate surface area is 146 Å². The van der Waals surface area contributed by atoms with Gasteiger partial charge in [0.05, 0.1) is 16.6 Å². The van der Waals surface area contributed by atoms with Crippen LogP contribution in [0, 0.1) is 5.92 Å². The molecule has 0 radical (unpaired) electrons. The molecule has 1 aliphatic rings. The monoisotopic (exact) mass is 346 g/mol. The Morgan fingerprint density at radius 1 is 1.56 bits per heavy atom. The van der Waals surface area contributed by atoms with Gasteiger partial charge in [-0.2, -0.15) is 0 Å². The van der Waals surface area contributed by atoms with Crippen LogP contribution in [-0.2, 0) is 7.05 Å². The van der Waals surface area contributed by atoms with E-state index < -0.39 is 5.60 Å². The third kappa shape index (κ3) is 3.33. The zero-order chi connectivity index (χ0) is 18.4. The van der Waals surface area contributed by atoms with Crippen LogP contribution in [0.1, 0.15) is 62.0 Å². The zero-order valence-electron chi connectivity index (χ0n) is 15.2. The summed E-state index contributed by atoms with van der Waals surface area (Å²) in [5.41, 5.74) is 0.341. The third-order valence-corrected chi connectivity index (χ3v) is 5.36. The van der Waals surface area contributed by atoms with Crippen molar-refractivity contribution in [1.29, 1.82) is 0 Å². The van der Waals surface area contributed by atoms with E-state index in [9.17, 15) is 14.7 Å². The van der Waals surface area contributed by atoms with Crippen molar-refractivity contribution in [2.45, 2.75) is 51.6 Å². The van der Waals surface area contributed by atoms with Gasteiger partial charge in [0.1, 0.15) is 0 Å². The lowest BCUT2D eigenvalue weighted by Gasteiger charge is -2.29. The number of hydrogen-bond acceptors (Lipinski definition) is 4. The Bertz CT molecular complexity index is 861. The van der Waals surface area contributed by atoms with E-state index in [2.05, 4.69) is 15.4 Å². The summed E-state index contributed by atoms with van der Waals surface area (Å²) in [7, 11) is 1.71. The molecule has 1 saturated carbocycles. The predicted molar refractivity (Wildman–Crippen MR) is 95.7 cm³/mol. The first-order valence-electron chi connectivity index (χ1n) is 8.84. The van der Waals surface area contributed by atoms with E-state index in [-0.39, 0.29) is 23.9 Å². The van der Waals surface area contributed by atoms with Crippen molar-refractivity contribution in [3.8, 4) is 0 Å². The van der Waals surface area contributed by atoms with Crippen molar-refractivity contribution in [3.05, 3.63) is 27.7 Å². The highest BCUT2D eigenvalue weighted by Crippen LogP contribution is 2.39. The number of carbonyl (C=O) groups excluding carboxylic acids is 1. The molecule has 2 aromatic heterocycles. The number of fused-ring (bicyclic) bond motifs is 1. The third-order valence-electron chi connectivity index (χ3n) is 5.36. The van der Waals surface area contributed by atoms with Crippen LogP contribution in [0.25, 0.3) is 11.0 Å². The molecule has 3 N–H and O–H groups in total. The first-order valence-corrected chi connectivity index (χ1v) is 8.84. The van der Waals surface area contributed by atoms with Crippen LogP contribution in [0.4, 0.5) is 0 Å². The number of aryl methyl sites for hydroxylation is 1. The largest absolute Gasteiger partial charge is 0.388 e. The summed E-state index contributed by atoms with van der Waals surface area (Å²) in [5.74, 6) is 0.0613. The molecule has 2 atom stereocenters. The van der Waals surface area contributed by atoms with Gasteiger partial charge in [-0.05, 0) is 31.7 Å². The fraction of sp³-hybridized carbons (Fsp3) is 0.611. The summed E-state index contributed by atoms with van der Waals surface area (Å²) in [5, 5.41) is 16.3. The van der Waals surface area contributed by atoms with Gasteiger partial charge in [0.2, 0.25) is 0 Å². The second-order valence-corrected chi connectivity index (χ2v) is 7.42. The molecule has 0 spiro atoms. The normalized spacial score (nSPS) is 18.1. The highest BCUT2D eigenvalue weighted by Gasteiger charge is 2.30. The molecule has 7 nitrogen and oxygen atoms in total. The van der Waals surface area contributed by atoms with Gasteiger partial charge < -0.3 is 10.4 Å². The average molecular weight is 346 g/mol. The molecule has 1 fully saturated rings. The fourth-order valence-corrected chi connectivity index (χ4v) is 3.01. The number of rotatable bonds is 6. The Morgan fingerprint density at radius 2 is 2.24 bits per heavy atom. The Balaban J connectivity index is 1.94. The molecule has 0 aromatic carbocycles. The number of aliphatic hydroxyl groups is 1. The van der Waals surface area contributed by atoms with Gasteiger partial charge in [-0.15, -0.1) is 0 Å². The summed E-state index contributed by atoms with van der Waals surface area (Å²) in [6.45, 7) is 5.80. The molecule has 0 saturated heterocycles. The minimum absolute atomic E-state index is 0.0485. The van der Waals surface area contributed by atoms with Gasteiger partial charge in [-0.1, -0.05) is 20.3 Å². The molecule has 136 valence electrons. The Hall–Kier alpha value is -2.15. The van der Waals surface area contributed by atoms with E-state index in [0.29, 0.717) is 22.5 Å². The van der Waals surface area contributed by atoms with Gasteiger partial charge in [0.15, 0.2) is 5.65 Å². The minimum atomic E-state index is -1.00. The number of H-pyrrole nitrogens is 1. The summed E-state index contributed by atoms with van der Waals surface area (Å²) in [4.78, 5) is 29.5. The summed E-state index contributed by atoms with van der Waals surface area (Å²) < 4.78 is 1.55. The molecule has 0 bridgehead atoms. The summed E-state index contributed by atoms with van der Waals surface area (Å²) in [6, 6.07) is 1.72. The van der Waals surface area contributed by atoms with Crippen molar-refractivity contribution >= 4 is 16.9 Å². The second-order valence-electron chi connectivity index (χ2n) is 7.42. The molecule has 2 unspecified atom stereocenters. The number of nitrogens with zero attached hydrogens (tertiary/aromatic N) is 2. The van der Waals surface area contributed by atoms with Gasteiger partial charge >= 0.3 is 0 Å². The van der Waals surface area contributed by atoms with Crippen LogP contribution in [0.5, 0.6) is 0 Å². The van der Waals surface area contributed by atoms with E-state index in [1.54, 1.807) is 24.7 Å². The predicted octanol–water partition coefficient (Wildman–Crippen LogP) is 1.67. The first kappa shape index (κ1) is 17.7. The quantitative estimate of drug-likeness (QED) is 0.741. The van der Waals surface area contributed by atoms with E-state index in [1.807, 2.05) is 13.8 Å². The van der Waals surface area contributed by atoms with Gasteiger partial charge in [0, 0.05) is 25.2 Å². The maximum absolute atomic E-state index is 12.8. The molecule has 2 aromatic rings. The number of nitrogens with one attached hydrogen (secondary N) is 2. The highest BCUT2D eigenvalue weighted by atomic mass is 16.3. The van der Waals surface area contributed by atoms with Crippen molar-refractivity contribution in [1.82, 2.24) is 20.1 Å². The maximum Gasteiger partial charge on any atom is 0.274 e. The molecule has 7 heteroatoms. The number of aromatic nitrogens is 3. The lowest BCUT2D eigenvalue weighted by atomic mass is 9.88. The minimum Gasteiger partial charge on any atom is -0.388 e. The van der Waals surface area contributed by atoms with Gasteiger partial charge in [-0.25, -0.2) is 4.98 Å². The van der Waals surface area contributed by atoms with Gasteiger partial charge in [0.25, 0.3) is 11.5 Å². The van der Waals surface area contributed by atoms with E-state index >= 15 is 0 Å². The van der Waals surface area contributed by atoms with Crippen LogP contribution in [0.3, 0.4) is 0 Å². The number of aromatic amines is 1. The molecule has 1 aliphatic carbocycles. The van der Waals surface area contributed by atoms with Crippen molar-refractivity contribution in [2.24, 2.45) is 13.0 Å². The van der Waals surface area contributed by atoms with E-state index in [0.717, 1.165) is 25.0 Å². The van der Waals surface area contributed by atoms with Crippen LogP contribution < -0.4 is 10.9 Å². The van der Waals surface area contributed by atoms with Gasteiger partial charge in [-0.3, -0.25) is 19.4 Å². The Morgan fingerprint density at radius 3 is 2.84 bits per heavy atom. The SMILES string of the molecule is CCC(C)C(C)(O)CNC(=O)c1cc(C2CC2)nc2c1c(=O)[nH]n2C. The van der Waals surface area contributed by atoms with Crippen LogP contribution in [-0.4, -0.2) is 37.9 Å². The number of carbonyl (C=O) groups is 1. The fourth-order valence-electron chi connectivity index (χ4n) is 3.01.